The Bertz CT molecular complexity index is 1640. The number of carbonyl (C=O) groups is 3. The van der Waals surface area contributed by atoms with Crippen molar-refractivity contribution in [3.05, 3.63) is 71.0 Å². The Hall–Kier alpha value is -3.62. The standard InChI is InChI=1S/C31H32N4O4/c36-27-10-9-25(29(37)33-27)35-26-18-32-24(22-3-1-4-23(28(22)26)30(35)38)17-20-5-7-21(8-6-20)19-34-14-12-31(13-15-34)11-2-16-39-31/h1,3-8,18,25H,2,9-17,19H2,(H,33,36,37)/i14D2,15D2. The number of benzene rings is 2. The highest BCUT2D eigenvalue weighted by molar-refractivity contribution is 6.27. The molecule has 2 aromatic carbocycles. The predicted octanol–water partition coefficient (Wildman–Crippen LogP) is 3.74. The molecule has 8 nitrogen and oxygen atoms in total. The van der Waals surface area contributed by atoms with Gasteiger partial charge >= 0.3 is 0 Å². The summed E-state index contributed by atoms with van der Waals surface area (Å²) in [5.74, 6) is -1.09. The van der Waals surface area contributed by atoms with Gasteiger partial charge in [-0.1, -0.05) is 36.4 Å². The van der Waals surface area contributed by atoms with Crippen LogP contribution < -0.4 is 10.2 Å². The van der Waals surface area contributed by atoms with E-state index in [1.165, 1.54) is 9.80 Å². The first-order valence-electron chi connectivity index (χ1n) is 15.5. The first kappa shape index (κ1) is 20.3. The number of ether oxygens (including phenoxy) is 1. The average Bonchev–Trinajstić information content (AvgIpc) is 3.50. The molecule has 39 heavy (non-hydrogen) atoms. The predicted molar refractivity (Wildman–Crippen MR) is 146 cm³/mol. The fourth-order valence-corrected chi connectivity index (χ4v) is 6.20. The van der Waals surface area contributed by atoms with Gasteiger partial charge in [-0.05, 0) is 49.3 Å². The molecule has 1 unspecified atom stereocenters. The second-order valence-corrected chi connectivity index (χ2v) is 10.8. The minimum absolute atomic E-state index is 0.133. The molecular weight excluding hydrogens is 492 g/mol. The van der Waals surface area contributed by atoms with Crippen molar-refractivity contribution in [3.63, 3.8) is 0 Å². The summed E-state index contributed by atoms with van der Waals surface area (Å²) in [7, 11) is 0. The van der Waals surface area contributed by atoms with Crippen LogP contribution in [0.4, 0.5) is 5.69 Å². The van der Waals surface area contributed by atoms with Crippen LogP contribution in [-0.4, -0.2) is 58.8 Å². The topological polar surface area (TPSA) is 91.8 Å². The van der Waals surface area contributed by atoms with Crippen LogP contribution in [0.3, 0.4) is 0 Å². The van der Waals surface area contributed by atoms with E-state index in [2.05, 4.69) is 5.32 Å². The molecule has 7 rings (SSSR count). The van der Waals surface area contributed by atoms with E-state index in [4.69, 9.17) is 15.2 Å². The van der Waals surface area contributed by atoms with Crippen molar-refractivity contribution >= 4 is 34.2 Å². The molecule has 0 aliphatic carbocycles. The monoisotopic (exact) mass is 528 g/mol. The lowest BCUT2D eigenvalue weighted by molar-refractivity contribution is -0.134. The first-order chi connectivity index (χ1) is 20.5. The number of imide groups is 1. The summed E-state index contributed by atoms with van der Waals surface area (Å²) in [6.07, 6.45) is 4.36. The van der Waals surface area contributed by atoms with Gasteiger partial charge in [0.05, 0.1) is 23.2 Å². The number of piperidine rings is 2. The van der Waals surface area contributed by atoms with Gasteiger partial charge in [0.25, 0.3) is 5.91 Å². The molecule has 3 fully saturated rings. The third-order valence-corrected chi connectivity index (χ3v) is 8.31. The summed E-state index contributed by atoms with van der Waals surface area (Å²) in [5, 5.41) is 3.90. The fraction of sp³-hybridized carbons (Fsp3) is 0.419. The van der Waals surface area contributed by atoms with Gasteiger partial charge in [-0.3, -0.25) is 34.5 Å². The van der Waals surface area contributed by atoms with Crippen LogP contribution in [0.2, 0.25) is 0 Å². The molecule has 0 bridgehead atoms. The van der Waals surface area contributed by atoms with Crippen molar-refractivity contribution in [1.82, 2.24) is 15.2 Å². The molecule has 1 spiro atoms. The summed E-state index contributed by atoms with van der Waals surface area (Å²) >= 11 is 0. The molecule has 1 N–H and O–H groups in total. The highest BCUT2D eigenvalue weighted by Crippen LogP contribution is 2.40. The van der Waals surface area contributed by atoms with Crippen LogP contribution in [0, 0.1) is 0 Å². The van der Waals surface area contributed by atoms with Crippen molar-refractivity contribution in [3.8, 4) is 0 Å². The van der Waals surface area contributed by atoms with Crippen LogP contribution in [0.1, 0.15) is 71.2 Å². The van der Waals surface area contributed by atoms with Crippen molar-refractivity contribution in [2.24, 2.45) is 0 Å². The molecule has 0 radical (unpaired) electrons. The summed E-state index contributed by atoms with van der Waals surface area (Å²) in [6, 6.07) is 12.4. The van der Waals surface area contributed by atoms with Crippen LogP contribution >= 0.6 is 0 Å². The molecule has 8 heteroatoms. The molecule has 1 atom stereocenters. The zero-order chi connectivity index (χ0) is 30.1. The highest BCUT2D eigenvalue weighted by Gasteiger charge is 2.41. The lowest BCUT2D eigenvalue weighted by Gasteiger charge is -2.38. The van der Waals surface area contributed by atoms with Crippen LogP contribution in [-0.2, 0) is 27.3 Å². The quantitative estimate of drug-likeness (QED) is 0.508. The van der Waals surface area contributed by atoms with E-state index in [1.54, 1.807) is 12.3 Å². The van der Waals surface area contributed by atoms with E-state index in [1.807, 2.05) is 36.4 Å². The number of aromatic nitrogens is 1. The van der Waals surface area contributed by atoms with Crippen molar-refractivity contribution in [1.29, 1.82) is 0 Å². The Balaban J connectivity index is 1.12. The Morgan fingerprint density at radius 2 is 1.85 bits per heavy atom. The average molecular weight is 529 g/mol. The zero-order valence-electron chi connectivity index (χ0n) is 25.5. The molecule has 0 saturated carbocycles. The second-order valence-electron chi connectivity index (χ2n) is 10.8. The van der Waals surface area contributed by atoms with Crippen molar-refractivity contribution in [2.45, 2.75) is 63.1 Å². The van der Waals surface area contributed by atoms with Crippen LogP contribution in [0.15, 0.2) is 48.7 Å². The van der Waals surface area contributed by atoms with Gasteiger partial charge in [-0.25, -0.2) is 0 Å². The number of likely N-dealkylation sites (tertiary alicyclic amines) is 1. The van der Waals surface area contributed by atoms with Gasteiger partial charge in [0.1, 0.15) is 6.04 Å². The van der Waals surface area contributed by atoms with Crippen LogP contribution in [0.5, 0.6) is 0 Å². The number of hydrogen-bond acceptors (Lipinski definition) is 6. The lowest BCUT2D eigenvalue weighted by Crippen LogP contribution is -2.53. The SMILES string of the molecule is [2H]C1([2H])CC2(CCCO2)CC([2H])([2H])N1Cc1ccc(Cc2ncc3c4c(cccc24)C(=O)N3C2CCC(=O)NC2=O)cc1. The molecule has 4 aliphatic rings. The molecule has 3 aromatic rings. The minimum atomic E-state index is -1.85. The molecular formula is C31H32N4O4. The van der Waals surface area contributed by atoms with E-state index < -0.39 is 30.5 Å². The van der Waals surface area contributed by atoms with E-state index in [0.717, 1.165) is 34.0 Å². The van der Waals surface area contributed by atoms with Crippen molar-refractivity contribution in [2.75, 3.05) is 24.5 Å². The van der Waals surface area contributed by atoms with Gasteiger partial charge in [0.15, 0.2) is 0 Å². The number of nitrogens with zero attached hydrogens (tertiary/aromatic N) is 3. The highest BCUT2D eigenvalue weighted by atomic mass is 16.5. The van der Waals surface area contributed by atoms with Gasteiger partial charge in [0, 0.05) is 60.8 Å². The largest absolute Gasteiger partial charge is 0.375 e. The third-order valence-electron chi connectivity index (χ3n) is 8.31. The van der Waals surface area contributed by atoms with Crippen molar-refractivity contribution < 1.29 is 24.6 Å². The number of amides is 3. The number of nitrogens with one attached hydrogen (secondary N) is 1. The molecule has 4 aliphatic heterocycles. The smallest absolute Gasteiger partial charge is 0.259 e. The fourth-order valence-electron chi connectivity index (χ4n) is 6.20. The van der Waals surface area contributed by atoms with Crippen LogP contribution in [0.25, 0.3) is 10.8 Å². The Kier molecular flexibility index (Phi) is 4.97. The maximum absolute atomic E-state index is 13.4. The summed E-state index contributed by atoms with van der Waals surface area (Å²) in [5.41, 5.74) is 2.88. The van der Waals surface area contributed by atoms with Gasteiger partial charge in [0.2, 0.25) is 11.8 Å². The number of carbonyl (C=O) groups excluding carboxylic acids is 3. The molecule has 5 heterocycles. The number of hydrogen-bond donors (Lipinski definition) is 1. The number of pyridine rings is 1. The Morgan fingerprint density at radius 3 is 2.59 bits per heavy atom. The summed E-state index contributed by atoms with van der Waals surface area (Å²) in [6.45, 7) is -3.01. The maximum atomic E-state index is 13.4. The lowest BCUT2D eigenvalue weighted by atomic mass is 9.88. The third kappa shape index (κ3) is 4.32. The van der Waals surface area contributed by atoms with Gasteiger partial charge in [-0.2, -0.15) is 0 Å². The zero-order valence-corrected chi connectivity index (χ0v) is 21.5. The van der Waals surface area contributed by atoms with E-state index >= 15 is 0 Å². The maximum Gasteiger partial charge on any atom is 0.259 e. The Morgan fingerprint density at radius 1 is 1.05 bits per heavy atom. The molecule has 3 saturated heterocycles. The van der Waals surface area contributed by atoms with E-state index in [-0.39, 0.29) is 44.0 Å². The van der Waals surface area contributed by atoms with E-state index in [0.29, 0.717) is 30.7 Å². The molecule has 3 amide bonds. The molecule has 1 aromatic heterocycles. The Labute approximate surface area is 232 Å². The summed E-state index contributed by atoms with van der Waals surface area (Å²) < 4.78 is 40.7. The number of rotatable bonds is 5. The first-order valence-corrected chi connectivity index (χ1v) is 13.5. The normalized spacial score (nSPS) is 26.8. The minimum Gasteiger partial charge on any atom is -0.375 e. The second kappa shape index (κ2) is 9.54. The van der Waals surface area contributed by atoms with E-state index in [9.17, 15) is 14.4 Å². The summed E-state index contributed by atoms with van der Waals surface area (Å²) in [4.78, 5) is 45.2. The number of anilines is 1. The molecule has 200 valence electrons. The van der Waals surface area contributed by atoms with Gasteiger partial charge in [-0.15, -0.1) is 0 Å². The van der Waals surface area contributed by atoms with Gasteiger partial charge < -0.3 is 4.74 Å².